The average Bonchev–Trinajstić information content (AvgIpc) is 3.20. The number of ether oxygens (including phenoxy) is 2. The van der Waals surface area contributed by atoms with E-state index in [-0.39, 0.29) is 0 Å². The van der Waals surface area contributed by atoms with Gasteiger partial charge in [0.1, 0.15) is 11.5 Å². The summed E-state index contributed by atoms with van der Waals surface area (Å²) >= 11 is 3.86. The molecule has 0 aliphatic heterocycles. The molecule has 3 rings (SSSR count). The molecule has 2 nitrogen and oxygen atoms in total. The van der Waals surface area contributed by atoms with Gasteiger partial charge < -0.3 is 9.47 Å². The minimum absolute atomic E-state index is 0.801. The topological polar surface area (TPSA) is 18.5 Å². The molecular weight excluding hydrogens is 810 g/mol. The summed E-state index contributed by atoms with van der Waals surface area (Å²) in [4.78, 5) is 1.10. The predicted octanol–water partition coefficient (Wildman–Crippen LogP) is 19.5. The van der Waals surface area contributed by atoms with Crippen molar-refractivity contribution >= 4 is 20.4 Å². The molecular formula is C50H79F6O2PS. The fourth-order valence-corrected chi connectivity index (χ4v) is 7.71. The van der Waals surface area contributed by atoms with Gasteiger partial charge in [0.05, 0.1) is 13.2 Å². The summed E-state index contributed by atoms with van der Waals surface area (Å²) in [7, 11) is -10.7. The first-order chi connectivity index (χ1) is 28.7. The summed E-state index contributed by atoms with van der Waals surface area (Å²) < 4.78 is 71.4. The predicted molar refractivity (Wildman–Crippen MR) is 251 cm³/mol. The van der Waals surface area contributed by atoms with Gasteiger partial charge in [-0.1, -0.05) is 205 Å². The summed E-state index contributed by atoms with van der Waals surface area (Å²) in [6, 6.07) is 23.8. The van der Waals surface area contributed by atoms with E-state index in [0.29, 0.717) is 0 Å². The Labute approximate surface area is 366 Å². The van der Waals surface area contributed by atoms with Gasteiger partial charge in [-0.25, -0.2) is 0 Å². The van der Waals surface area contributed by atoms with Gasteiger partial charge in [0.2, 0.25) is 0 Å². The number of hydrogen-bond donors (Lipinski definition) is 0. The zero-order chi connectivity index (χ0) is 43.9. The van der Waals surface area contributed by atoms with E-state index in [1.807, 2.05) is 0 Å². The Bertz CT molecular complexity index is 1490. The van der Waals surface area contributed by atoms with Gasteiger partial charge in [-0.15, -0.1) is 0 Å². The van der Waals surface area contributed by atoms with Crippen molar-refractivity contribution in [2.75, 3.05) is 13.2 Å². The molecule has 0 amide bonds. The van der Waals surface area contributed by atoms with Gasteiger partial charge in [0.25, 0.3) is 0 Å². The van der Waals surface area contributed by atoms with Crippen LogP contribution < -0.4 is 9.47 Å². The average molecular weight is 889 g/mol. The van der Waals surface area contributed by atoms with Crippen molar-refractivity contribution in [1.29, 1.82) is 0 Å². The van der Waals surface area contributed by atoms with E-state index in [0.717, 1.165) is 42.4 Å². The third kappa shape index (κ3) is 31.5. The quantitative estimate of drug-likeness (QED) is 0.0257. The van der Waals surface area contributed by atoms with Gasteiger partial charge in [0.15, 0.2) is 4.90 Å². The summed E-state index contributed by atoms with van der Waals surface area (Å²) in [5.41, 5.74) is 4.79. The Morgan fingerprint density at radius 1 is 0.367 bits per heavy atom. The van der Waals surface area contributed by atoms with Crippen LogP contribution in [0.3, 0.4) is 0 Å². The molecule has 0 N–H and O–H groups in total. The number of hydrogen-bond acceptors (Lipinski definition) is 2. The standard InChI is InChI=1S/C50H78O2S.F6P/c1-3-5-7-9-11-13-15-17-19-21-23-25-27-29-41-51-47-36-31-44(32-37-47)46-35-40-50(53)49(43-46)45-33-38-48(39-34-45)52-42-30-28-26-24-22-20-18-16-14-12-10-8-6-4-2;1-7(2,3,4,5)6/h31-40,43,53H,3-30,41-42H2,1-2H3;/q;-1/p+1. The van der Waals surface area contributed by atoms with E-state index < -0.39 is 7.81 Å². The fraction of sp³-hybridized carbons (Fsp3) is 0.640. The summed E-state index contributed by atoms with van der Waals surface area (Å²) in [6.45, 7) is 6.19. The van der Waals surface area contributed by atoms with Crippen molar-refractivity contribution in [3.63, 3.8) is 0 Å². The second kappa shape index (κ2) is 29.8. The molecule has 344 valence electrons. The van der Waals surface area contributed by atoms with Crippen molar-refractivity contribution in [2.24, 2.45) is 0 Å². The zero-order valence-electron chi connectivity index (χ0n) is 37.1. The van der Waals surface area contributed by atoms with E-state index in [1.54, 1.807) is 0 Å². The molecule has 60 heavy (non-hydrogen) atoms. The van der Waals surface area contributed by atoms with Crippen LogP contribution in [0.2, 0.25) is 0 Å². The van der Waals surface area contributed by atoms with Crippen molar-refractivity contribution in [3.05, 3.63) is 66.7 Å². The SMILES string of the molecule is CCCCCCCCCCCCCCCCOc1ccc(-c2ccc([SH2+])c(-c3ccc(OCCCCCCCCCCCCCCCC)cc3)c2)cc1.F[P-](F)(F)(F)(F)F. The maximum absolute atomic E-state index is 10.7. The molecule has 0 spiro atoms. The molecule has 0 unspecified atom stereocenters. The van der Waals surface area contributed by atoms with Crippen LogP contribution in [0.25, 0.3) is 22.3 Å². The first-order valence-corrected chi connectivity index (χ1v) is 26.1. The van der Waals surface area contributed by atoms with Gasteiger partial charge in [-0.05, 0) is 84.6 Å². The van der Waals surface area contributed by atoms with E-state index >= 15 is 0 Å². The molecule has 0 aromatic heterocycles. The molecule has 3 aromatic carbocycles. The maximum atomic E-state index is 9.87. The zero-order valence-corrected chi connectivity index (χ0v) is 39.0. The molecule has 3 aromatic rings. The van der Waals surface area contributed by atoms with E-state index in [4.69, 9.17) is 9.47 Å². The normalized spacial score (nSPS) is 12.7. The molecule has 0 atom stereocenters. The number of unbranched alkanes of at least 4 members (excludes halogenated alkanes) is 26. The second-order valence-corrected chi connectivity index (χ2v) is 19.1. The van der Waals surface area contributed by atoms with Gasteiger partial charge in [-0.2, -0.15) is 0 Å². The summed E-state index contributed by atoms with van der Waals surface area (Å²) in [6.07, 6.45) is 38.6. The number of benzene rings is 3. The molecule has 10 heteroatoms. The van der Waals surface area contributed by atoms with E-state index in [2.05, 4.69) is 93.2 Å². The van der Waals surface area contributed by atoms with Crippen molar-refractivity contribution in [2.45, 2.75) is 199 Å². The molecule has 0 bridgehead atoms. The Kier molecular flexibility index (Phi) is 26.7. The van der Waals surface area contributed by atoms with Gasteiger partial charge in [0, 0.05) is 5.56 Å². The second-order valence-electron chi connectivity index (χ2n) is 16.7. The van der Waals surface area contributed by atoms with Crippen molar-refractivity contribution in [3.8, 4) is 33.8 Å². The third-order valence-corrected chi connectivity index (χ3v) is 11.3. The van der Waals surface area contributed by atoms with Crippen LogP contribution in [0.4, 0.5) is 25.2 Å². The Hall–Kier alpha value is -2.38. The number of halogens is 6. The van der Waals surface area contributed by atoms with Gasteiger partial charge in [-0.3, -0.25) is 0 Å². The Morgan fingerprint density at radius 3 is 0.950 bits per heavy atom. The number of rotatable bonds is 34. The van der Waals surface area contributed by atoms with Crippen LogP contribution in [0.15, 0.2) is 71.6 Å². The molecule has 0 aliphatic carbocycles. The van der Waals surface area contributed by atoms with E-state index in [1.165, 1.54) is 189 Å². The monoisotopic (exact) mass is 889 g/mol. The van der Waals surface area contributed by atoms with Crippen LogP contribution in [0, 0.1) is 0 Å². The van der Waals surface area contributed by atoms with Crippen LogP contribution in [-0.4, -0.2) is 13.2 Å². The van der Waals surface area contributed by atoms with Crippen LogP contribution in [0.5, 0.6) is 11.5 Å². The first-order valence-electron chi connectivity index (χ1n) is 23.5. The third-order valence-electron chi connectivity index (χ3n) is 10.9. The van der Waals surface area contributed by atoms with Crippen LogP contribution in [-0.2, 0) is 12.6 Å². The molecule has 0 saturated heterocycles. The molecule has 0 fully saturated rings. The fourth-order valence-electron chi connectivity index (χ4n) is 7.41. The van der Waals surface area contributed by atoms with E-state index in [9.17, 15) is 25.2 Å². The van der Waals surface area contributed by atoms with Crippen LogP contribution >= 0.6 is 7.81 Å². The Balaban J connectivity index is 0.00000162. The molecule has 0 aliphatic rings. The first kappa shape index (κ1) is 53.8. The summed E-state index contributed by atoms with van der Waals surface area (Å²) in [5, 5.41) is 0. The van der Waals surface area contributed by atoms with Crippen molar-refractivity contribution in [1.82, 2.24) is 0 Å². The minimum atomic E-state index is -10.7. The van der Waals surface area contributed by atoms with Crippen molar-refractivity contribution < 1.29 is 34.7 Å². The summed E-state index contributed by atoms with van der Waals surface area (Å²) in [5.74, 6) is 1.92. The molecule has 0 heterocycles. The molecule has 0 radical (unpaired) electrons. The Morgan fingerprint density at radius 2 is 0.633 bits per heavy atom. The van der Waals surface area contributed by atoms with Crippen LogP contribution in [0.1, 0.15) is 194 Å². The molecule has 0 saturated carbocycles. The van der Waals surface area contributed by atoms with Gasteiger partial charge >= 0.3 is 33.0 Å².